The third kappa shape index (κ3) is 5.22. The van der Waals surface area contributed by atoms with Gasteiger partial charge in [0.1, 0.15) is 6.54 Å². The number of carbonyl (C=O) groups is 2. The molecule has 1 atom stereocenters. The lowest BCUT2D eigenvalue weighted by Crippen LogP contribution is -2.34. The van der Waals surface area contributed by atoms with E-state index >= 15 is 0 Å². The first-order valence-electron chi connectivity index (χ1n) is 4.55. The van der Waals surface area contributed by atoms with Gasteiger partial charge in [-0.1, -0.05) is 13.8 Å². The summed E-state index contributed by atoms with van der Waals surface area (Å²) in [5.74, 6) is -0.538. The maximum absolute atomic E-state index is 11.2. The van der Waals surface area contributed by atoms with Crippen LogP contribution in [-0.2, 0) is 14.3 Å². The Hall–Kier alpha value is -1.06. The van der Waals surface area contributed by atoms with Crippen LogP contribution in [0.15, 0.2) is 0 Å². The fraction of sp³-hybridized carbons (Fsp3) is 0.778. The predicted octanol–water partition coefficient (Wildman–Crippen LogP) is 0.712. The SMILES string of the molecule is CCOC(=O)CNC(=O)C(C)CC. The molecule has 0 aliphatic rings. The lowest BCUT2D eigenvalue weighted by atomic mass is 10.1. The number of hydrogen-bond donors (Lipinski definition) is 1. The smallest absolute Gasteiger partial charge is 0.325 e. The van der Waals surface area contributed by atoms with Gasteiger partial charge in [-0.15, -0.1) is 0 Å². The van der Waals surface area contributed by atoms with Crippen LogP contribution in [0.3, 0.4) is 0 Å². The third-order valence-electron chi connectivity index (χ3n) is 1.77. The molecule has 0 saturated carbocycles. The first-order chi connectivity index (χ1) is 6.11. The fourth-order valence-corrected chi connectivity index (χ4v) is 0.731. The van der Waals surface area contributed by atoms with Crippen LogP contribution < -0.4 is 5.32 Å². The monoisotopic (exact) mass is 187 g/mol. The molecule has 0 heterocycles. The van der Waals surface area contributed by atoms with Crippen molar-refractivity contribution in [1.29, 1.82) is 0 Å². The van der Waals surface area contributed by atoms with Gasteiger partial charge in [-0.25, -0.2) is 0 Å². The van der Waals surface area contributed by atoms with E-state index in [1.165, 1.54) is 0 Å². The van der Waals surface area contributed by atoms with Crippen molar-refractivity contribution in [3.05, 3.63) is 0 Å². The van der Waals surface area contributed by atoms with Crippen molar-refractivity contribution >= 4 is 11.9 Å². The molecule has 1 unspecified atom stereocenters. The van der Waals surface area contributed by atoms with Crippen molar-refractivity contribution in [1.82, 2.24) is 5.32 Å². The lowest BCUT2D eigenvalue weighted by molar-refractivity contribution is -0.143. The number of amides is 1. The number of hydrogen-bond acceptors (Lipinski definition) is 3. The van der Waals surface area contributed by atoms with Crippen LogP contribution >= 0.6 is 0 Å². The van der Waals surface area contributed by atoms with Gasteiger partial charge in [-0.05, 0) is 13.3 Å². The van der Waals surface area contributed by atoms with Crippen LogP contribution in [0, 0.1) is 5.92 Å². The standard InChI is InChI=1S/C9H17NO3/c1-4-7(3)9(12)10-6-8(11)13-5-2/h7H,4-6H2,1-3H3,(H,10,12). The normalized spacial score (nSPS) is 11.9. The van der Waals surface area contributed by atoms with Crippen LogP contribution in [0.4, 0.5) is 0 Å². The minimum atomic E-state index is -0.390. The zero-order chi connectivity index (χ0) is 10.3. The summed E-state index contributed by atoms with van der Waals surface area (Å²) in [7, 11) is 0. The number of esters is 1. The van der Waals surface area contributed by atoms with Gasteiger partial charge in [-0.3, -0.25) is 9.59 Å². The molecule has 0 aliphatic heterocycles. The van der Waals surface area contributed by atoms with Crippen LogP contribution in [0.2, 0.25) is 0 Å². The van der Waals surface area contributed by atoms with E-state index in [2.05, 4.69) is 10.1 Å². The molecule has 0 bridgehead atoms. The van der Waals surface area contributed by atoms with Gasteiger partial charge in [0, 0.05) is 5.92 Å². The molecule has 76 valence electrons. The summed E-state index contributed by atoms with van der Waals surface area (Å²) in [6, 6.07) is 0. The fourth-order valence-electron chi connectivity index (χ4n) is 0.731. The average Bonchev–Trinajstić information content (AvgIpc) is 2.13. The second-order valence-electron chi connectivity index (χ2n) is 2.83. The van der Waals surface area contributed by atoms with Gasteiger partial charge in [0.05, 0.1) is 6.61 Å². The number of carbonyl (C=O) groups excluding carboxylic acids is 2. The molecule has 0 aromatic rings. The van der Waals surface area contributed by atoms with E-state index in [1.807, 2.05) is 13.8 Å². The summed E-state index contributed by atoms with van der Waals surface area (Å²) in [6.45, 7) is 5.79. The molecule has 1 amide bonds. The molecule has 0 spiro atoms. The van der Waals surface area contributed by atoms with Crippen molar-refractivity contribution in [3.8, 4) is 0 Å². The highest BCUT2D eigenvalue weighted by Gasteiger charge is 2.11. The Morgan fingerprint density at radius 1 is 1.38 bits per heavy atom. The van der Waals surface area contributed by atoms with Gasteiger partial charge < -0.3 is 10.1 Å². The van der Waals surface area contributed by atoms with Crippen molar-refractivity contribution in [2.45, 2.75) is 27.2 Å². The van der Waals surface area contributed by atoms with Crippen molar-refractivity contribution in [3.63, 3.8) is 0 Å². The molecule has 0 aromatic heterocycles. The molecular weight excluding hydrogens is 170 g/mol. The van der Waals surface area contributed by atoms with Gasteiger partial charge >= 0.3 is 5.97 Å². The minimum absolute atomic E-state index is 0.0307. The van der Waals surface area contributed by atoms with E-state index < -0.39 is 0 Å². The van der Waals surface area contributed by atoms with E-state index in [4.69, 9.17) is 0 Å². The molecule has 0 aliphatic carbocycles. The molecule has 1 N–H and O–H groups in total. The van der Waals surface area contributed by atoms with E-state index in [0.29, 0.717) is 6.61 Å². The Kier molecular flexibility index (Phi) is 5.93. The second-order valence-corrected chi connectivity index (χ2v) is 2.83. The van der Waals surface area contributed by atoms with Crippen molar-refractivity contribution in [2.75, 3.05) is 13.2 Å². The Balaban J connectivity index is 3.63. The van der Waals surface area contributed by atoms with Crippen molar-refractivity contribution < 1.29 is 14.3 Å². The van der Waals surface area contributed by atoms with E-state index in [1.54, 1.807) is 6.92 Å². The molecule has 0 saturated heterocycles. The molecule has 0 rings (SSSR count). The number of ether oxygens (including phenoxy) is 1. The van der Waals surface area contributed by atoms with Gasteiger partial charge in [0.25, 0.3) is 0 Å². The highest BCUT2D eigenvalue weighted by Crippen LogP contribution is 1.98. The van der Waals surface area contributed by atoms with Crippen LogP contribution in [0.25, 0.3) is 0 Å². The maximum Gasteiger partial charge on any atom is 0.325 e. The first-order valence-corrected chi connectivity index (χ1v) is 4.55. The summed E-state index contributed by atoms with van der Waals surface area (Å²) < 4.78 is 4.65. The van der Waals surface area contributed by atoms with E-state index in [-0.39, 0.29) is 24.3 Å². The predicted molar refractivity (Wildman–Crippen MR) is 49.1 cm³/mol. The molecule has 0 aromatic carbocycles. The topological polar surface area (TPSA) is 55.4 Å². The Morgan fingerprint density at radius 2 is 2.00 bits per heavy atom. The van der Waals surface area contributed by atoms with Gasteiger partial charge in [-0.2, -0.15) is 0 Å². The summed E-state index contributed by atoms with van der Waals surface area (Å²) in [4.78, 5) is 22.0. The largest absolute Gasteiger partial charge is 0.465 e. The number of nitrogens with one attached hydrogen (secondary N) is 1. The zero-order valence-electron chi connectivity index (χ0n) is 8.42. The second kappa shape index (κ2) is 6.46. The van der Waals surface area contributed by atoms with Crippen LogP contribution in [0.1, 0.15) is 27.2 Å². The van der Waals surface area contributed by atoms with Crippen molar-refractivity contribution in [2.24, 2.45) is 5.92 Å². The maximum atomic E-state index is 11.2. The number of rotatable bonds is 5. The lowest BCUT2D eigenvalue weighted by Gasteiger charge is -2.08. The summed E-state index contributed by atoms with van der Waals surface area (Å²) in [5.41, 5.74) is 0. The van der Waals surface area contributed by atoms with Gasteiger partial charge in [0.15, 0.2) is 0 Å². The molecular formula is C9H17NO3. The molecule has 4 nitrogen and oxygen atoms in total. The summed E-state index contributed by atoms with van der Waals surface area (Å²) >= 11 is 0. The quantitative estimate of drug-likeness (QED) is 0.645. The summed E-state index contributed by atoms with van der Waals surface area (Å²) in [5, 5.41) is 2.50. The highest BCUT2D eigenvalue weighted by molar-refractivity contribution is 5.83. The Labute approximate surface area is 78.6 Å². The molecule has 13 heavy (non-hydrogen) atoms. The molecule has 4 heteroatoms. The van der Waals surface area contributed by atoms with Gasteiger partial charge in [0.2, 0.25) is 5.91 Å². The molecule has 0 fully saturated rings. The zero-order valence-corrected chi connectivity index (χ0v) is 8.42. The molecule has 0 radical (unpaired) electrons. The first kappa shape index (κ1) is 11.9. The Morgan fingerprint density at radius 3 is 2.46 bits per heavy atom. The van der Waals surface area contributed by atoms with E-state index in [0.717, 1.165) is 6.42 Å². The third-order valence-corrected chi connectivity index (χ3v) is 1.77. The Bertz CT molecular complexity index is 180. The average molecular weight is 187 g/mol. The van der Waals surface area contributed by atoms with E-state index in [9.17, 15) is 9.59 Å². The highest BCUT2D eigenvalue weighted by atomic mass is 16.5. The minimum Gasteiger partial charge on any atom is -0.465 e. The van der Waals surface area contributed by atoms with Crippen LogP contribution in [-0.4, -0.2) is 25.0 Å². The van der Waals surface area contributed by atoms with Crippen LogP contribution in [0.5, 0.6) is 0 Å². The summed E-state index contributed by atoms with van der Waals surface area (Å²) in [6.07, 6.45) is 0.772.